The molecule has 1 saturated heterocycles. The summed E-state index contributed by atoms with van der Waals surface area (Å²) in [5, 5.41) is 16.9. The predicted octanol–water partition coefficient (Wildman–Crippen LogP) is 6.61. The Bertz CT molecular complexity index is 1910. The first-order chi connectivity index (χ1) is 23.3. The second kappa shape index (κ2) is 15.2. The molecular weight excluding hydrogens is 604 g/mol. The van der Waals surface area contributed by atoms with E-state index in [0.717, 1.165) is 50.2 Å². The van der Waals surface area contributed by atoms with Crippen molar-refractivity contribution in [1.29, 1.82) is 0 Å². The molecule has 3 N–H and O–H groups in total. The number of amides is 1. The Kier molecular flexibility index (Phi) is 10.4. The lowest BCUT2D eigenvalue weighted by Crippen LogP contribution is -2.40. The normalized spacial score (nSPS) is 15.6. The van der Waals surface area contributed by atoms with E-state index in [9.17, 15) is 14.7 Å². The van der Waals surface area contributed by atoms with Crippen LogP contribution in [0.4, 0.5) is 11.4 Å². The van der Waals surface area contributed by atoms with Crippen molar-refractivity contribution in [3.8, 4) is 0 Å². The molecule has 0 radical (unpaired) electrons. The summed E-state index contributed by atoms with van der Waals surface area (Å²) in [5.74, 6) is -1.02. The number of ether oxygens (including phenoxy) is 2. The third-order valence-electron chi connectivity index (χ3n) is 8.20. The zero-order valence-electron chi connectivity index (χ0n) is 27.2. The molecule has 0 atom stereocenters. The first-order valence-corrected chi connectivity index (χ1v) is 16.2. The quantitative estimate of drug-likeness (QED) is 0.124. The Morgan fingerprint density at radius 3 is 2.27 bits per heavy atom. The topological polar surface area (TPSA) is 113 Å². The summed E-state index contributed by atoms with van der Waals surface area (Å²) in [5.41, 5.74) is 8.16. The van der Waals surface area contributed by atoms with Gasteiger partial charge in [0.05, 0.1) is 11.9 Å². The fourth-order valence-corrected chi connectivity index (χ4v) is 6.06. The van der Waals surface area contributed by atoms with Crippen LogP contribution in [0.2, 0.25) is 0 Å². The number of nitrogens with one attached hydrogen (secondary N) is 2. The van der Waals surface area contributed by atoms with E-state index in [0.29, 0.717) is 38.2 Å². The van der Waals surface area contributed by atoms with Crippen molar-refractivity contribution in [2.75, 3.05) is 18.4 Å². The fourth-order valence-electron chi connectivity index (χ4n) is 6.06. The number of para-hydroxylation sites is 1. The summed E-state index contributed by atoms with van der Waals surface area (Å²) in [4.78, 5) is 31.5. The molecule has 1 aliphatic rings. The van der Waals surface area contributed by atoms with Crippen molar-refractivity contribution in [2.24, 2.45) is 0 Å². The lowest BCUT2D eigenvalue weighted by molar-refractivity contribution is -0.374. The summed E-state index contributed by atoms with van der Waals surface area (Å²) in [6.07, 6.45) is 0.267. The van der Waals surface area contributed by atoms with Gasteiger partial charge in [0.15, 0.2) is 12.6 Å². The SMILES string of the molecule is Cc1cc(Nc2cccc(C(=O)NCCN(Cc3cccc(CC(=O)O)c3)Cc3cccc(CC4OC(C)O4)c3)c2)c2ccccc2n1. The lowest BCUT2D eigenvalue weighted by atomic mass is 10.1. The molecule has 5 aromatic rings. The number of anilines is 2. The number of carbonyl (C=O) groups is 2. The monoisotopic (exact) mass is 644 g/mol. The average Bonchev–Trinajstić information content (AvgIpc) is 3.04. The first-order valence-electron chi connectivity index (χ1n) is 16.2. The molecule has 1 fully saturated rings. The van der Waals surface area contributed by atoms with Gasteiger partial charge in [0.2, 0.25) is 0 Å². The van der Waals surface area contributed by atoms with Gasteiger partial charge in [-0.3, -0.25) is 19.5 Å². The molecule has 6 rings (SSSR count). The van der Waals surface area contributed by atoms with Crippen LogP contribution in [0, 0.1) is 6.92 Å². The number of aliphatic carboxylic acids is 1. The van der Waals surface area contributed by atoms with Crippen molar-refractivity contribution in [3.63, 3.8) is 0 Å². The molecule has 0 unspecified atom stereocenters. The Labute approximate surface area is 280 Å². The van der Waals surface area contributed by atoms with E-state index in [2.05, 4.69) is 38.7 Å². The number of nitrogens with zero attached hydrogens (tertiary/aromatic N) is 2. The number of aromatic nitrogens is 1. The Morgan fingerprint density at radius 1 is 0.833 bits per heavy atom. The van der Waals surface area contributed by atoms with Gasteiger partial charge in [-0.15, -0.1) is 0 Å². The van der Waals surface area contributed by atoms with Crippen LogP contribution in [0.3, 0.4) is 0 Å². The zero-order valence-corrected chi connectivity index (χ0v) is 27.2. The van der Waals surface area contributed by atoms with Crippen molar-refractivity contribution >= 4 is 34.2 Å². The van der Waals surface area contributed by atoms with E-state index in [1.54, 1.807) is 0 Å². The van der Waals surface area contributed by atoms with Gasteiger partial charge >= 0.3 is 5.97 Å². The summed E-state index contributed by atoms with van der Waals surface area (Å²) in [6, 6.07) is 33.5. The number of pyridine rings is 1. The van der Waals surface area contributed by atoms with Crippen molar-refractivity contribution < 1.29 is 24.2 Å². The number of carbonyl (C=O) groups excluding carboxylic acids is 1. The molecule has 1 aromatic heterocycles. The molecule has 246 valence electrons. The second-order valence-electron chi connectivity index (χ2n) is 12.2. The van der Waals surface area contributed by atoms with Crippen LogP contribution in [0.25, 0.3) is 10.9 Å². The highest BCUT2D eigenvalue weighted by Crippen LogP contribution is 2.27. The number of benzene rings is 4. The van der Waals surface area contributed by atoms with E-state index in [-0.39, 0.29) is 24.9 Å². The minimum Gasteiger partial charge on any atom is -0.481 e. The van der Waals surface area contributed by atoms with Gasteiger partial charge in [0.1, 0.15) is 0 Å². The molecule has 2 heterocycles. The van der Waals surface area contributed by atoms with Crippen molar-refractivity contribution in [1.82, 2.24) is 15.2 Å². The fraction of sp³-hybridized carbons (Fsp3) is 0.256. The van der Waals surface area contributed by atoms with Crippen LogP contribution in [-0.4, -0.2) is 52.5 Å². The van der Waals surface area contributed by atoms with E-state index < -0.39 is 5.97 Å². The van der Waals surface area contributed by atoms with Gasteiger partial charge < -0.3 is 25.2 Å². The van der Waals surface area contributed by atoms with Crippen LogP contribution >= 0.6 is 0 Å². The highest BCUT2D eigenvalue weighted by Gasteiger charge is 2.26. The predicted molar refractivity (Wildman–Crippen MR) is 186 cm³/mol. The molecule has 1 amide bonds. The molecule has 0 saturated carbocycles. The molecule has 9 heteroatoms. The van der Waals surface area contributed by atoms with E-state index in [1.165, 1.54) is 0 Å². The van der Waals surface area contributed by atoms with Crippen molar-refractivity contribution in [2.45, 2.75) is 52.4 Å². The highest BCUT2D eigenvalue weighted by atomic mass is 16.9. The van der Waals surface area contributed by atoms with Crippen LogP contribution < -0.4 is 10.6 Å². The molecule has 9 nitrogen and oxygen atoms in total. The van der Waals surface area contributed by atoms with Gasteiger partial charge in [0.25, 0.3) is 5.91 Å². The number of carboxylic acids is 1. The van der Waals surface area contributed by atoms with Crippen LogP contribution in [-0.2, 0) is 40.2 Å². The Morgan fingerprint density at radius 2 is 1.52 bits per heavy atom. The summed E-state index contributed by atoms with van der Waals surface area (Å²) >= 11 is 0. The van der Waals surface area contributed by atoms with Gasteiger partial charge in [-0.1, -0.05) is 72.8 Å². The summed E-state index contributed by atoms with van der Waals surface area (Å²) in [6.45, 7) is 6.11. The smallest absolute Gasteiger partial charge is 0.307 e. The van der Waals surface area contributed by atoms with Crippen LogP contribution in [0.5, 0.6) is 0 Å². The minimum atomic E-state index is -0.860. The maximum atomic E-state index is 13.3. The minimum absolute atomic E-state index is 0.0270. The number of hydrogen-bond acceptors (Lipinski definition) is 7. The average molecular weight is 645 g/mol. The highest BCUT2D eigenvalue weighted by molar-refractivity contribution is 5.96. The van der Waals surface area contributed by atoms with Crippen LogP contribution in [0.15, 0.2) is 103 Å². The van der Waals surface area contributed by atoms with Gasteiger partial charge in [-0.05, 0) is 66.4 Å². The number of fused-ring (bicyclic) bond motifs is 1. The first kappa shape index (κ1) is 32.8. The molecule has 0 aliphatic carbocycles. The molecule has 4 aromatic carbocycles. The van der Waals surface area contributed by atoms with Gasteiger partial charge in [0, 0.05) is 60.6 Å². The summed E-state index contributed by atoms with van der Waals surface area (Å²) < 4.78 is 11.3. The van der Waals surface area contributed by atoms with Crippen LogP contribution in [0.1, 0.15) is 45.2 Å². The molecule has 0 bridgehead atoms. The standard InChI is InChI=1S/C39H40N4O5/c1-26-18-36(34-14-3-4-15-35(34)41-26)42-33-13-7-12-32(23-33)39(46)40-16-17-43(24-30-10-5-8-28(19-30)21-37(44)45)25-31-11-6-9-29(20-31)22-38-47-27(2)48-38/h3-15,18-20,23,27,38H,16-17,21-22,24-25H2,1-2H3,(H,40,46)(H,41,42)(H,44,45). The lowest BCUT2D eigenvalue weighted by Gasteiger charge is -2.33. The third kappa shape index (κ3) is 8.83. The number of hydrogen-bond donors (Lipinski definition) is 3. The number of carboxylic acid groups (broad SMARTS) is 1. The summed E-state index contributed by atoms with van der Waals surface area (Å²) in [7, 11) is 0. The Balaban J connectivity index is 1.12. The van der Waals surface area contributed by atoms with E-state index in [4.69, 9.17) is 9.47 Å². The Hall–Kier alpha value is -5.09. The maximum Gasteiger partial charge on any atom is 0.307 e. The largest absolute Gasteiger partial charge is 0.481 e. The van der Waals surface area contributed by atoms with Gasteiger partial charge in [-0.25, -0.2) is 0 Å². The van der Waals surface area contributed by atoms with Gasteiger partial charge in [-0.2, -0.15) is 0 Å². The maximum absolute atomic E-state index is 13.3. The molecular formula is C39H40N4O5. The van der Waals surface area contributed by atoms with E-state index in [1.807, 2.05) is 98.8 Å². The molecule has 0 spiro atoms. The number of aryl methyl sites for hydroxylation is 1. The molecule has 48 heavy (non-hydrogen) atoms. The second-order valence-corrected chi connectivity index (χ2v) is 12.2. The number of rotatable bonds is 14. The van der Waals surface area contributed by atoms with E-state index >= 15 is 0 Å². The van der Waals surface area contributed by atoms with Crippen molar-refractivity contribution in [3.05, 3.63) is 137 Å². The molecule has 1 aliphatic heterocycles. The third-order valence-corrected chi connectivity index (χ3v) is 8.20. The zero-order chi connectivity index (χ0) is 33.5.